The molecule has 1 saturated heterocycles. The Kier molecular flexibility index (Phi) is 10.7. The molecule has 108 valence electrons. The Morgan fingerprint density at radius 2 is 1.28 bits per heavy atom. The number of ether oxygens (including phenoxy) is 2. The number of aliphatic hydroxyl groups is 2. The van der Waals surface area contributed by atoms with Gasteiger partial charge in [-0.2, -0.15) is 0 Å². The molecule has 0 aromatic carbocycles. The average molecular weight is 264 g/mol. The summed E-state index contributed by atoms with van der Waals surface area (Å²) in [6.45, 7) is 6.13. The van der Waals surface area contributed by atoms with E-state index in [0.717, 1.165) is 39.3 Å². The van der Waals surface area contributed by atoms with E-state index >= 15 is 0 Å². The van der Waals surface area contributed by atoms with E-state index in [4.69, 9.17) is 10.2 Å². The lowest BCUT2D eigenvalue weighted by atomic mass is 10.3. The van der Waals surface area contributed by atoms with Crippen LogP contribution < -0.4 is 0 Å². The Morgan fingerprint density at radius 3 is 1.44 bits per heavy atom. The summed E-state index contributed by atoms with van der Waals surface area (Å²) in [5.41, 5.74) is 0. The van der Waals surface area contributed by atoms with Gasteiger partial charge in [-0.05, 0) is 0 Å². The number of piperazine rings is 1. The molecule has 0 unspecified atom stereocenters. The Morgan fingerprint density at radius 1 is 0.944 bits per heavy atom. The number of carbonyl (C=O) groups is 1. The fraction of sp³-hybridized carbons (Fsp3) is 0.909. The molecule has 0 spiro atoms. The zero-order valence-electron chi connectivity index (χ0n) is 11.2. The first kappa shape index (κ1) is 17.1. The molecule has 0 amide bonds. The van der Waals surface area contributed by atoms with Gasteiger partial charge in [-0.15, -0.1) is 0 Å². The number of hydrogen-bond donors (Lipinski definition) is 2. The molecule has 1 aliphatic heterocycles. The molecule has 1 heterocycles. The lowest BCUT2D eigenvalue weighted by molar-refractivity contribution is 0.0924. The van der Waals surface area contributed by atoms with Gasteiger partial charge in [-0.3, -0.25) is 9.80 Å². The number of aliphatic hydroxyl groups excluding tert-OH is 2. The van der Waals surface area contributed by atoms with Crippen molar-refractivity contribution in [2.45, 2.75) is 0 Å². The van der Waals surface area contributed by atoms with E-state index in [-0.39, 0.29) is 13.2 Å². The predicted octanol–water partition coefficient (Wildman–Crippen LogP) is -1.01. The van der Waals surface area contributed by atoms with Gasteiger partial charge in [0, 0.05) is 39.3 Å². The van der Waals surface area contributed by atoms with Crippen molar-refractivity contribution < 1.29 is 24.5 Å². The molecule has 1 fully saturated rings. The lowest BCUT2D eigenvalue weighted by Crippen LogP contribution is -2.47. The summed E-state index contributed by atoms with van der Waals surface area (Å²) in [6.07, 6.45) is -0.657. The van der Waals surface area contributed by atoms with Crippen molar-refractivity contribution in [3.05, 3.63) is 0 Å². The van der Waals surface area contributed by atoms with Crippen molar-refractivity contribution in [2.24, 2.45) is 0 Å². The van der Waals surface area contributed by atoms with E-state index in [2.05, 4.69) is 19.3 Å². The highest BCUT2D eigenvalue weighted by molar-refractivity contribution is 5.59. The van der Waals surface area contributed by atoms with E-state index in [1.165, 1.54) is 14.2 Å². The van der Waals surface area contributed by atoms with E-state index in [1.54, 1.807) is 0 Å². The number of methoxy groups -OCH3 is 2. The van der Waals surface area contributed by atoms with Crippen LogP contribution in [0.2, 0.25) is 0 Å². The summed E-state index contributed by atoms with van der Waals surface area (Å²) in [5, 5.41) is 17.4. The fourth-order valence-electron chi connectivity index (χ4n) is 1.60. The van der Waals surface area contributed by atoms with Gasteiger partial charge < -0.3 is 19.7 Å². The van der Waals surface area contributed by atoms with Crippen molar-refractivity contribution >= 4 is 6.16 Å². The van der Waals surface area contributed by atoms with Crippen molar-refractivity contribution in [3.63, 3.8) is 0 Å². The van der Waals surface area contributed by atoms with Crippen molar-refractivity contribution in [2.75, 3.05) is 66.7 Å². The number of hydrogen-bond acceptors (Lipinski definition) is 7. The molecule has 7 nitrogen and oxygen atoms in total. The molecular formula is C11H24N2O5. The molecule has 0 saturated carbocycles. The molecule has 7 heteroatoms. The molecule has 0 aromatic rings. The van der Waals surface area contributed by atoms with E-state index < -0.39 is 6.16 Å². The van der Waals surface area contributed by atoms with Gasteiger partial charge in [0.2, 0.25) is 0 Å². The Bertz CT molecular complexity index is 188. The topological polar surface area (TPSA) is 82.5 Å². The van der Waals surface area contributed by atoms with E-state index in [0.29, 0.717) is 0 Å². The minimum Gasteiger partial charge on any atom is -0.438 e. The predicted molar refractivity (Wildman–Crippen MR) is 66.5 cm³/mol. The first-order valence-electron chi connectivity index (χ1n) is 5.96. The number of nitrogens with zero attached hydrogens (tertiary/aromatic N) is 2. The highest BCUT2D eigenvalue weighted by Gasteiger charge is 2.14. The largest absolute Gasteiger partial charge is 0.507 e. The van der Waals surface area contributed by atoms with Crippen molar-refractivity contribution in [1.29, 1.82) is 0 Å². The van der Waals surface area contributed by atoms with Crippen LogP contribution in [-0.2, 0) is 9.47 Å². The van der Waals surface area contributed by atoms with Crippen LogP contribution in [0.4, 0.5) is 4.79 Å². The van der Waals surface area contributed by atoms with Crippen LogP contribution in [0.5, 0.6) is 0 Å². The third-order valence-corrected chi connectivity index (χ3v) is 2.63. The van der Waals surface area contributed by atoms with Crippen molar-refractivity contribution in [3.8, 4) is 0 Å². The number of β-amino-alcohol motifs (C(OH)–C–C–N with tert-alkyl or cyclic N) is 2. The second-order valence-corrected chi connectivity index (χ2v) is 3.79. The zero-order chi connectivity index (χ0) is 13.8. The van der Waals surface area contributed by atoms with Crippen LogP contribution in [0.25, 0.3) is 0 Å². The summed E-state index contributed by atoms with van der Waals surface area (Å²) >= 11 is 0. The van der Waals surface area contributed by atoms with Crippen LogP contribution in [0.15, 0.2) is 0 Å². The molecule has 0 bridgehead atoms. The first-order valence-corrected chi connectivity index (χ1v) is 5.96. The zero-order valence-corrected chi connectivity index (χ0v) is 11.2. The Balaban J connectivity index is 0.000000411. The molecule has 0 radical (unpaired) electrons. The summed E-state index contributed by atoms with van der Waals surface area (Å²) in [7, 11) is 2.51. The van der Waals surface area contributed by atoms with Gasteiger partial charge in [-0.1, -0.05) is 0 Å². The summed E-state index contributed by atoms with van der Waals surface area (Å²) in [5.74, 6) is 0. The summed E-state index contributed by atoms with van der Waals surface area (Å²) < 4.78 is 8.08. The smallest absolute Gasteiger partial charge is 0.438 e. The van der Waals surface area contributed by atoms with Crippen molar-refractivity contribution in [1.82, 2.24) is 9.80 Å². The SMILES string of the molecule is COC(=O)OC.OCCN1CCN(CCO)CC1. The third kappa shape index (κ3) is 8.24. The second kappa shape index (κ2) is 11.2. The molecule has 0 aromatic heterocycles. The molecular weight excluding hydrogens is 240 g/mol. The maximum absolute atomic E-state index is 9.74. The minimum absolute atomic E-state index is 0.250. The van der Waals surface area contributed by atoms with Gasteiger partial charge in [0.25, 0.3) is 0 Å². The fourth-order valence-corrected chi connectivity index (χ4v) is 1.60. The second-order valence-electron chi connectivity index (χ2n) is 3.79. The molecule has 2 N–H and O–H groups in total. The van der Waals surface area contributed by atoms with Crippen LogP contribution in [0, 0.1) is 0 Å². The Hall–Kier alpha value is -0.890. The number of carbonyl (C=O) groups excluding carboxylic acids is 1. The molecule has 1 aliphatic rings. The van der Waals surface area contributed by atoms with Crippen LogP contribution in [0.1, 0.15) is 0 Å². The maximum atomic E-state index is 9.74. The normalized spacial score (nSPS) is 16.7. The van der Waals surface area contributed by atoms with E-state index in [9.17, 15) is 4.79 Å². The van der Waals surface area contributed by atoms with Gasteiger partial charge in [0.05, 0.1) is 27.4 Å². The summed E-state index contributed by atoms with van der Waals surface area (Å²) in [4.78, 5) is 14.2. The van der Waals surface area contributed by atoms with Gasteiger partial charge >= 0.3 is 6.16 Å². The average Bonchev–Trinajstić information content (AvgIpc) is 2.41. The summed E-state index contributed by atoms with van der Waals surface area (Å²) in [6, 6.07) is 0. The minimum atomic E-state index is -0.657. The molecule has 0 aliphatic carbocycles. The highest BCUT2D eigenvalue weighted by Crippen LogP contribution is 1.99. The Labute approximate surface area is 108 Å². The van der Waals surface area contributed by atoms with Crippen LogP contribution in [-0.4, -0.2) is 92.9 Å². The first-order chi connectivity index (χ1) is 8.67. The van der Waals surface area contributed by atoms with Gasteiger partial charge in [-0.25, -0.2) is 4.79 Å². The molecule has 0 atom stereocenters. The van der Waals surface area contributed by atoms with Crippen LogP contribution >= 0.6 is 0 Å². The van der Waals surface area contributed by atoms with Crippen LogP contribution in [0.3, 0.4) is 0 Å². The quantitative estimate of drug-likeness (QED) is 0.629. The maximum Gasteiger partial charge on any atom is 0.507 e. The molecule has 1 rings (SSSR count). The number of rotatable bonds is 4. The molecule has 18 heavy (non-hydrogen) atoms. The third-order valence-electron chi connectivity index (χ3n) is 2.63. The standard InChI is InChI=1S/C8H18N2O2.C3H6O3/c11-7-5-9-1-2-10(4-3-9)6-8-12;1-5-3(4)6-2/h11-12H,1-8H2;1-2H3. The van der Waals surface area contributed by atoms with Gasteiger partial charge in [0.1, 0.15) is 0 Å². The van der Waals surface area contributed by atoms with E-state index in [1.807, 2.05) is 0 Å². The monoisotopic (exact) mass is 264 g/mol. The van der Waals surface area contributed by atoms with Gasteiger partial charge in [0.15, 0.2) is 0 Å². The highest BCUT2D eigenvalue weighted by atomic mass is 16.7. The lowest BCUT2D eigenvalue weighted by Gasteiger charge is -2.33.